The lowest BCUT2D eigenvalue weighted by molar-refractivity contribution is 0.0697. The number of aromatic carboxylic acids is 1. The summed E-state index contributed by atoms with van der Waals surface area (Å²) in [5.41, 5.74) is 0.514. The molecule has 0 spiro atoms. The van der Waals surface area contributed by atoms with Crippen molar-refractivity contribution in [3.63, 3.8) is 0 Å². The van der Waals surface area contributed by atoms with Gasteiger partial charge in [0.2, 0.25) is 17.8 Å². The second-order valence-corrected chi connectivity index (χ2v) is 8.67. The second-order valence-electron chi connectivity index (χ2n) is 6.34. The summed E-state index contributed by atoms with van der Waals surface area (Å²) in [4.78, 5) is 25.0. The van der Waals surface area contributed by atoms with Crippen LogP contribution in [0.15, 0.2) is 24.3 Å². The molecule has 0 saturated carbocycles. The number of hydrogen-bond donors (Lipinski definition) is 6. The van der Waals surface area contributed by atoms with E-state index in [-0.39, 0.29) is 56.2 Å². The lowest BCUT2D eigenvalue weighted by Gasteiger charge is -2.23. The first-order valence-electron chi connectivity index (χ1n) is 9.31. The largest absolute Gasteiger partial charge is 0.760 e. The van der Waals surface area contributed by atoms with Crippen molar-refractivity contribution < 1.29 is 36.7 Å². The van der Waals surface area contributed by atoms with Crippen LogP contribution in [0.1, 0.15) is 10.4 Å². The molecule has 2 rings (SSSR count). The maximum Gasteiger partial charge on any atom is 0.335 e. The lowest BCUT2D eigenvalue weighted by atomic mass is 10.2. The van der Waals surface area contributed by atoms with Crippen LogP contribution in [0.4, 0.5) is 23.5 Å². The number of aliphatic hydroxyl groups excluding tert-OH is 1. The molecule has 0 aliphatic rings. The van der Waals surface area contributed by atoms with Crippen molar-refractivity contribution in [3.05, 3.63) is 29.8 Å². The number of carboxylic acids is 1. The van der Waals surface area contributed by atoms with Gasteiger partial charge in [0.25, 0.3) is 10.1 Å². The molecular weight excluding hydrogens is 482 g/mol. The highest BCUT2D eigenvalue weighted by atomic mass is 32.2. The summed E-state index contributed by atoms with van der Waals surface area (Å²) in [5.74, 6) is -1.72. The zero-order valence-electron chi connectivity index (χ0n) is 17.0. The van der Waals surface area contributed by atoms with Crippen LogP contribution in [-0.2, 0) is 21.4 Å². The first-order valence-corrected chi connectivity index (χ1v) is 12.0. The fourth-order valence-electron chi connectivity index (χ4n) is 2.45. The van der Waals surface area contributed by atoms with Crippen LogP contribution < -0.4 is 20.3 Å². The Morgan fingerprint density at radius 3 is 2.33 bits per heavy atom. The molecule has 1 unspecified atom stereocenters. The highest BCUT2D eigenvalue weighted by Crippen LogP contribution is 2.18. The van der Waals surface area contributed by atoms with E-state index in [1.807, 2.05) is 0 Å². The first-order chi connectivity index (χ1) is 15.6. The van der Waals surface area contributed by atoms with Crippen LogP contribution in [0, 0.1) is 0 Å². The Kier molecular flexibility index (Phi) is 9.82. The Labute approximate surface area is 191 Å². The molecule has 1 aromatic heterocycles. The smallest absolute Gasteiger partial charge is 0.335 e. The Morgan fingerprint density at radius 1 is 1.09 bits per heavy atom. The third-order valence-corrected chi connectivity index (χ3v) is 5.07. The number of carbonyl (C=O) groups is 1. The summed E-state index contributed by atoms with van der Waals surface area (Å²) in [7, 11) is -4.23. The standard InChI is InChI=1S/C16H23N7O8S2/c24-9-8-23(7-5-18-32(27)28)16-21-14(17-6-10-33(29,30)31)20-15(22-16)19-12-3-1-11(2-4-12)13(25)26/h1-4,18,24H,5-10H2,(H,25,26)(H,27,28)(H,29,30,31)(H2,17,19,20,21,22)/p-1. The van der Waals surface area contributed by atoms with Crippen molar-refractivity contribution in [1.29, 1.82) is 0 Å². The molecule has 0 saturated heterocycles. The van der Waals surface area contributed by atoms with E-state index in [1.165, 1.54) is 29.2 Å². The number of aromatic nitrogens is 3. The van der Waals surface area contributed by atoms with E-state index in [9.17, 15) is 27.1 Å². The van der Waals surface area contributed by atoms with Crippen molar-refractivity contribution in [2.75, 3.05) is 54.1 Å². The minimum Gasteiger partial charge on any atom is -0.760 e. The SMILES string of the molecule is O=C(O)c1ccc(Nc2nc(NCCS(=O)(=O)O)nc(N(CCO)CCNS(=O)[O-])n2)cc1. The summed E-state index contributed by atoms with van der Waals surface area (Å²) < 4.78 is 54.4. The molecule has 33 heavy (non-hydrogen) atoms. The van der Waals surface area contributed by atoms with Gasteiger partial charge in [-0.15, -0.1) is 0 Å². The summed E-state index contributed by atoms with van der Waals surface area (Å²) in [6.45, 7) is -0.375. The molecule has 0 amide bonds. The zero-order chi connectivity index (χ0) is 24.4. The highest BCUT2D eigenvalue weighted by molar-refractivity contribution is 7.85. The Bertz CT molecular complexity index is 1070. The van der Waals surface area contributed by atoms with Gasteiger partial charge in [0.05, 0.1) is 17.9 Å². The number of rotatable bonds is 14. The summed E-state index contributed by atoms with van der Waals surface area (Å²) in [6.07, 6.45) is 0. The molecule has 0 aliphatic heterocycles. The molecule has 0 aliphatic carbocycles. The van der Waals surface area contributed by atoms with Crippen LogP contribution >= 0.6 is 0 Å². The van der Waals surface area contributed by atoms with Gasteiger partial charge in [-0.3, -0.25) is 8.76 Å². The molecule has 6 N–H and O–H groups in total. The van der Waals surface area contributed by atoms with E-state index in [4.69, 9.17) is 9.66 Å². The molecule has 1 aromatic carbocycles. The molecule has 0 fully saturated rings. The molecule has 182 valence electrons. The van der Waals surface area contributed by atoms with Gasteiger partial charge < -0.3 is 30.3 Å². The first kappa shape index (κ1) is 26.3. The average Bonchev–Trinajstić information content (AvgIpc) is 2.72. The zero-order valence-corrected chi connectivity index (χ0v) is 18.7. The molecule has 0 radical (unpaired) electrons. The number of aliphatic hydroxyl groups is 1. The van der Waals surface area contributed by atoms with Crippen molar-refractivity contribution in [1.82, 2.24) is 19.7 Å². The normalized spacial score (nSPS) is 12.2. The van der Waals surface area contributed by atoms with Crippen molar-refractivity contribution in [2.24, 2.45) is 0 Å². The fourth-order valence-corrected chi connectivity index (χ4v) is 3.07. The summed E-state index contributed by atoms with van der Waals surface area (Å²) in [5, 5.41) is 23.9. The van der Waals surface area contributed by atoms with Crippen LogP contribution in [0.5, 0.6) is 0 Å². The van der Waals surface area contributed by atoms with E-state index in [2.05, 4.69) is 30.3 Å². The number of benzene rings is 1. The minimum atomic E-state index is -4.23. The van der Waals surface area contributed by atoms with E-state index in [1.54, 1.807) is 0 Å². The van der Waals surface area contributed by atoms with Gasteiger partial charge in [-0.25, -0.2) is 9.52 Å². The highest BCUT2D eigenvalue weighted by Gasteiger charge is 2.15. The Morgan fingerprint density at radius 2 is 1.76 bits per heavy atom. The van der Waals surface area contributed by atoms with E-state index >= 15 is 0 Å². The molecule has 1 atom stereocenters. The lowest BCUT2D eigenvalue weighted by Crippen LogP contribution is -2.36. The monoisotopic (exact) mass is 504 g/mol. The topological polar surface area (TPSA) is 230 Å². The van der Waals surface area contributed by atoms with Crippen LogP contribution in [0.3, 0.4) is 0 Å². The van der Waals surface area contributed by atoms with Gasteiger partial charge in [-0.1, -0.05) is 0 Å². The van der Waals surface area contributed by atoms with Gasteiger partial charge in [-0.2, -0.15) is 23.4 Å². The van der Waals surface area contributed by atoms with Gasteiger partial charge in [0, 0.05) is 43.1 Å². The summed E-state index contributed by atoms with van der Waals surface area (Å²) >= 11 is -2.49. The van der Waals surface area contributed by atoms with Gasteiger partial charge in [0.15, 0.2) is 0 Å². The molecule has 17 heteroatoms. The molecule has 2 aromatic rings. The van der Waals surface area contributed by atoms with Crippen LogP contribution in [0.25, 0.3) is 0 Å². The third kappa shape index (κ3) is 9.60. The summed E-state index contributed by atoms with van der Waals surface area (Å²) in [6, 6.07) is 5.70. The maximum atomic E-state index is 11.0. The second kappa shape index (κ2) is 12.3. The number of nitrogens with zero attached hydrogens (tertiary/aromatic N) is 4. The third-order valence-electron chi connectivity index (χ3n) is 3.91. The Balaban J connectivity index is 2.30. The number of nitrogens with one attached hydrogen (secondary N) is 3. The fraction of sp³-hybridized carbons (Fsp3) is 0.375. The van der Waals surface area contributed by atoms with E-state index in [0.717, 1.165) is 0 Å². The molecule has 1 heterocycles. The molecular formula is C16H22N7O8S2-. The average molecular weight is 505 g/mol. The van der Waals surface area contributed by atoms with Crippen molar-refractivity contribution >= 4 is 50.9 Å². The maximum absolute atomic E-state index is 11.0. The van der Waals surface area contributed by atoms with Crippen molar-refractivity contribution in [2.45, 2.75) is 0 Å². The predicted molar refractivity (Wildman–Crippen MR) is 118 cm³/mol. The number of hydrogen-bond acceptors (Lipinski definition) is 12. The van der Waals surface area contributed by atoms with Crippen LogP contribution in [-0.4, -0.2) is 91.4 Å². The minimum absolute atomic E-state index is 0.000677. The van der Waals surface area contributed by atoms with Gasteiger partial charge >= 0.3 is 5.97 Å². The number of anilines is 4. The van der Waals surface area contributed by atoms with Crippen molar-refractivity contribution in [3.8, 4) is 0 Å². The molecule has 0 bridgehead atoms. The molecule has 15 nitrogen and oxygen atoms in total. The van der Waals surface area contributed by atoms with E-state index < -0.39 is 33.1 Å². The van der Waals surface area contributed by atoms with Gasteiger partial charge in [-0.05, 0) is 24.3 Å². The van der Waals surface area contributed by atoms with Gasteiger partial charge in [0.1, 0.15) is 0 Å². The quantitative estimate of drug-likeness (QED) is 0.131. The van der Waals surface area contributed by atoms with Crippen LogP contribution in [0.2, 0.25) is 0 Å². The predicted octanol–water partition coefficient (Wildman–Crippen LogP) is -1.20. The number of carboxylic acid groups (broad SMARTS) is 1. The van der Waals surface area contributed by atoms with E-state index in [0.29, 0.717) is 5.69 Å². The Hall–Kier alpha value is -2.96.